The van der Waals surface area contributed by atoms with E-state index in [1.165, 1.54) is 18.2 Å². The summed E-state index contributed by atoms with van der Waals surface area (Å²) in [7, 11) is 0. The molecule has 5 rings (SSSR count). The van der Waals surface area contributed by atoms with Crippen LogP contribution < -0.4 is 21.9 Å². The van der Waals surface area contributed by atoms with Crippen molar-refractivity contribution in [3.05, 3.63) is 87.6 Å². The fourth-order valence-corrected chi connectivity index (χ4v) is 3.81. The third-order valence-electron chi connectivity index (χ3n) is 6.08. The van der Waals surface area contributed by atoms with Crippen molar-refractivity contribution in [1.29, 1.82) is 0 Å². The minimum absolute atomic E-state index is 0.00961. The zero-order chi connectivity index (χ0) is 25.4. The van der Waals surface area contributed by atoms with E-state index in [1.807, 2.05) is 19.9 Å². The molecule has 0 radical (unpaired) electrons. The van der Waals surface area contributed by atoms with Gasteiger partial charge in [0.25, 0.3) is 11.5 Å². The molecule has 0 atom stereocenters. The lowest BCUT2D eigenvalue weighted by atomic mass is 9.95. The van der Waals surface area contributed by atoms with Crippen molar-refractivity contribution in [3.63, 3.8) is 0 Å². The highest BCUT2D eigenvalue weighted by Crippen LogP contribution is 2.39. The van der Waals surface area contributed by atoms with E-state index in [2.05, 4.69) is 31.0 Å². The maximum Gasteiger partial charge on any atom is 0.287 e. The largest absolute Gasteiger partial charge is 0.334 e. The molecule has 0 unspecified atom stereocenters. The average molecular weight is 488 g/mol. The summed E-state index contributed by atoms with van der Waals surface area (Å²) in [4.78, 5) is 25.1. The number of nitrogens with two attached hydrogens (primary N) is 1. The SMILES string of the molecule is CC(C)(N)c1ccc(C(=O)Nc2cc(-c3cc(Nc4cc(C5CC5)[nH]n4)c(=O)[nH]n3)ccc2F)cc1. The van der Waals surface area contributed by atoms with E-state index in [0.29, 0.717) is 28.6 Å². The Kier molecular flexibility index (Phi) is 5.89. The molecule has 2 heterocycles. The predicted octanol–water partition coefficient (Wildman–Crippen LogP) is 4.37. The minimum Gasteiger partial charge on any atom is -0.334 e. The molecule has 0 saturated heterocycles. The van der Waals surface area contributed by atoms with Gasteiger partial charge in [0.1, 0.15) is 11.5 Å². The first-order valence-corrected chi connectivity index (χ1v) is 11.6. The van der Waals surface area contributed by atoms with Crippen LogP contribution in [0.25, 0.3) is 11.3 Å². The molecule has 1 aliphatic carbocycles. The summed E-state index contributed by atoms with van der Waals surface area (Å²) < 4.78 is 14.6. The highest BCUT2D eigenvalue weighted by molar-refractivity contribution is 6.04. The quantitative estimate of drug-likeness (QED) is 0.262. The van der Waals surface area contributed by atoms with Crippen LogP contribution in [0.2, 0.25) is 0 Å². The van der Waals surface area contributed by atoms with Crippen molar-refractivity contribution in [2.24, 2.45) is 5.73 Å². The summed E-state index contributed by atoms with van der Waals surface area (Å²) >= 11 is 0. The second kappa shape index (κ2) is 9.04. The molecule has 1 aliphatic rings. The standard InChI is InChI=1S/C26H26FN7O2/c1-26(2,28)17-8-5-15(6-9-17)24(35)30-21-11-16(7-10-18(21)27)19-12-22(25(36)34-32-19)29-23-13-20(31-33-23)14-3-4-14/h5-14H,3-4,28H2,1-2H3,(H,30,35)(H,34,36)(H2,29,31,32,33). The molecule has 2 aromatic heterocycles. The van der Waals surface area contributed by atoms with Gasteiger partial charge in [-0.2, -0.15) is 10.2 Å². The monoisotopic (exact) mass is 487 g/mol. The number of benzene rings is 2. The Hall–Kier alpha value is -4.31. The molecule has 1 amide bonds. The Morgan fingerprint density at radius 2 is 1.78 bits per heavy atom. The number of amides is 1. The molecule has 0 aliphatic heterocycles. The number of carbonyl (C=O) groups is 1. The van der Waals surface area contributed by atoms with Crippen LogP contribution in [0, 0.1) is 5.82 Å². The third kappa shape index (κ3) is 5.03. The lowest BCUT2D eigenvalue weighted by Crippen LogP contribution is -2.28. The number of aromatic nitrogens is 4. The number of aromatic amines is 2. The van der Waals surface area contributed by atoms with E-state index < -0.39 is 22.8 Å². The van der Waals surface area contributed by atoms with Gasteiger partial charge in [0.2, 0.25) is 0 Å². The van der Waals surface area contributed by atoms with Crippen LogP contribution in [-0.4, -0.2) is 26.3 Å². The van der Waals surface area contributed by atoms with E-state index in [-0.39, 0.29) is 11.4 Å². The second-order valence-electron chi connectivity index (χ2n) is 9.55. The van der Waals surface area contributed by atoms with Crippen LogP contribution in [0.15, 0.2) is 59.4 Å². The number of rotatable bonds is 7. The number of hydrogen-bond donors (Lipinski definition) is 5. The van der Waals surface area contributed by atoms with Crippen LogP contribution in [0.3, 0.4) is 0 Å². The van der Waals surface area contributed by atoms with E-state index >= 15 is 0 Å². The molecule has 10 heteroatoms. The van der Waals surface area contributed by atoms with Crippen molar-refractivity contribution < 1.29 is 9.18 Å². The number of nitrogens with one attached hydrogen (secondary N) is 4. The van der Waals surface area contributed by atoms with Gasteiger partial charge in [-0.15, -0.1) is 0 Å². The van der Waals surface area contributed by atoms with Gasteiger partial charge in [-0.3, -0.25) is 14.7 Å². The van der Waals surface area contributed by atoms with Gasteiger partial charge >= 0.3 is 0 Å². The van der Waals surface area contributed by atoms with Crippen LogP contribution >= 0.6 is 0 Å². The molecule has 9 nitrogen and oxygen atoms in total. The number of anilines is 3. The summed E-state index contributed by atoms with van der Waals surface area (Å²) in [6, 6.07) is 14.5. The van der Waals surface area contributed by atoms with Crippen molar-refractivity contribution in [2.75, 3.05) is 10.6 Å². The first kappa shape index (κ1) is 23.4. The number of halogens is 1. The number of H-pyrrole nitrogens is 2. The molecule has 1 saturated carbocycles. The third-order valence-corrected chi connectivity index (χ3v) is 6.08. The van der Waals surface area contributed by atoms with E-state index in [9.17, 15) is 14.0 Å². The van der Waals surface area contributed by atoms with Gasteiger partial charge in [0, 0.05) is 34.3 Å². The topological polar surface area (TPSA) is 142 Å². The summed E-state index contributed by atoms with van der Waals surface area (Å²) in [5.41, 5.74) is 8.53. The Morgan fingerprint density at radius 1 is 1.03 bits per heavy atom. The summed E-state index contributed by atoms with van der Waals surface area (Å²) in [5.74, 6) is -0.0406. The van der Waals surface area contributed by atoms with Gasteiger partial charge in [-0.25, -0.2) is 9.49 Å². The molecule has 2 aromatic carbocycles. The first-order chi connectivity index (χ1) is 17.2. The van der Waals surface area contributed by atoms with Crippen LogP contribution in [0.1, 0.15) is 54.2 Å². The molecule has 4 aromatic rings. The molecular weight excluding hydrogens is 461 g/mol. The summed E-state index contributed by atoms with van der Waals surface area (Å²) in [5, 5.41) is 19.3. The first-order valence-electron chi connectivity index (χ1n) is 11.6. The van der Waals surface area contributed by atoms with Crippen molar-refractivity contribution in [3.8, 4) is 11.3 Å². The van der Waals surface area contributed by atoms with Crippen molar-refractivity contribution >= 4 is 23.1 Å². The highest BCUT2D eigenvalue weighted by atomic mass is 19.1. The molecule has 1 fully saturated rings. The predicted molar refractivity (Wildman–Crippen MR) is 136 cm³/mol. The lowest BCUT2D eigenvalue weighted by molar-refractivity contribution is 0.102. The fourth-order valence-electron chi connectivity index (χ4n) is 3.81. The number of carbonyl (C=O) groups excluding carboxylic acids is 1. The smallest absolute Gasteiger partial charge is 0.287 e. The molecule has 36 heavy (non-hydrogen) atoms. The van der Waals surface area contributed by atoms with Crippen molar-refractivity contribution in [2.45, 2.75) is 38.1 Å². The minimum atomic E-state index is -0.598. The normalized spacial score (nSPS) is 13.4. The lowest BCUT2D eigenvalue weighted by Gasteiger charge is -2.19. The molecule has 184 valence electrons. The van der Waals surface area contributed by atoms with Crippen LogP contribution in [-0.2, 0) is 5.54 Å². The zero-order valence-electron chi connectivity index (χ0n) is 19.9. The van der Waals surface area contributed by atoms with Gasteiger partial charge in [-0.05, 0) is 68.7 Å². The number of nitrogens with zero attached hydrogens (tertiary/aromatic N) is 2. The van der Waals surface area contributed by atoms with Gasteiger partial charge in [-0.1, -0.05) is 12.1 Å². The summed E-state index contributed by atoms with van der Waals surface area (Å²) in [6.45, 7) is 3.74. The maximum absolute atomic E-state index is 14.6. The van der Waals surface area contributed by atoms with Crippen molar-refractivity contribution in [1.82, 2.24) is 20.4 Å². The Morgan fingerprint density at radius 3 is 2.47 bits per heavy atom. The van der Waals surface area contributed by atoms with Gasteiger partial charge in [0.15, 0.2) is 5.82 Å². The zero-order valence-corrected chi connectivity index (χ0v) is 19.9. The fraction of sp³-hybridized carbons (Fsp3) is 0.231. The molecule has 6 N–H and O–H groups in total. The number of hydrogen-bond acceptors (Lipinski definition) is 6. The average Bonchev–Trinajstić information content (AvgIpc) is 3.60. The Balaban J connectivity index is 1.36. The van der Waals surface area contributed by atoms with Gasteiger partial charge in [0.05, 0.1) is 11.4 Å². The highest BCUT2D eigenvalue weighted by Gasteiger charge is 2.25. The van der Waals surface area contributed by atoms with E-state index in [1.54, 1.807) is 30.3 Å². The van der Waals surface area contributed by atoms with Gasteiger partial charge < -0.3 is 16.4 Å². The Bertz CT molecular complexity index is 1480. The van der Waals surface area contributed by atoms with E-state index in [4.69, 9.17) is 5.73 Å². The Labute approximate surface area is 206 Å². The molecular formula is C26H26FN7O2. The maximum atomic E-state index is 14.6. The molecule has 0 spiro atoms. The molecule has 0 bridgehead atoms. The second-order valence-corrected chi connectivity index (χ2v) is 9.55. The van der Waals surface area contributed by atoms with Crippen LogP contribution in [0.4, 0.5) is 21.6 Å². The summed E-state index contributed by atoms with van der Waals surface area (Å²) in [6.07, 6.45) is 2.25. The van der Waals surface area contributed by atoms with Crippen LogP contribution in [0.5, 0.6) is 0 Å². The van der Waals surface area contributed by atoms with E-state index in [0.717, 1.165) is 24.1 Å².